The fourth-order valence-corrected chi connectivity index (χ4v) is 2.67. The Labute approximate surface area is 145 Å². The summed E-state index contributed by atoms with van der Waals surface area (Å²) < 4.78 is 0.981. The van der Waals surface area contributed by atoms with Gasteiger partial charge in [0.05, 0.1) is 0 Å². The van der Waals surface area contributed by atoms with Crippen molar-refractivity contribution >= 4 is 27.6 Å². The SMILES string of the molecule is Cc1ccc(C(=O)CCC(=O)NCc2cccc(Br)c2)cc1C. The molecule has 0 spiro atoms. The first-order valence-corrected chi connectivity index (χ1v) is 8.36. The molecule has 2 aromatic rings. The summed E-state index contributed by atoms with van der Waals surface area (Å²) in [6, 6.07) is 13.4. The predicted octanol–water partition coefficient (Wildman–Crippen LogP) is 4.35. The zero-order chi connectivity index (χ0) is 16.8. The van der Waals surface area contributed by atoms with E-state index in [0.717, 1.165) is 21.2 Å². The van der Waals surface area contributed by atoms with Crippen molar-refractivity contribution in [2.24, 2.45) is 0 Å². The van der Waals surface area contributed by atoms with Gasteiger partial charge < -0.3 is 5.32 Å². The van der Waals surface area contributed by atoms with Crippen molar-refractivity contribution in [3.05, 3.63) is 69.2 Å². The molecule has 0 atom stereocenters. The summed E-state index contributed by atoms with van der Waals surface area (Å²) in [5.41, 5.74) is 3.95. The Balaban J connectivity index is 1.81. The van der Waals surface area contributed by atoms with Gasteiger partial charge in [0.1, 0.15) is 0 Å². The third-order valence-electron chi connectivity index (χ3n) is 3.79. The molecule has 2 rings (SSSR count). The number of benzene rings is 2. The molecule has 4 heteroatoms. The minimum Gasteiger partial charge on any atom is -0.352 e. The number of Topliss-reactive ketones (excluding diaryl/α,β-unsaturated/α-hetero) is 1. The van der Waals surface area contributed by atoms with E-state index in [1.165, 1.54) is 0 Å². The van der Waals surface area contributed by atoms with Crippen LogP contribution in [0.5, 0.6) is 0 Å². The highest BCUT2D eigenvalue weighted by molar-refractivity contribution is 9.10. The topological polar surface area (TPSA) is 46.2 Å². The van der Waals surface area contributed by atoms with Crippen LogP contribution in [0.4, 0.5) is 0 Å². The number of halogens is 1. The van der Waals surface area contributed by atoms with Gasteiger partial charge >= 0.3 is 0 Å². The second-order valence-corrected chi connectivity index (χ2v) is 6.54. The zero-order valence-corrected chi connectivity index (χ0v) is 14.9. The molecule has 120 valence electrons. The van der Waals surface area contributed by atoms with E-state index in [-0.39, 0.29) is 24.5 Å². The van der Waals surface area contributed by atoms with Gasteiger partial charge in [0, 0.05) is 29.4 Å². The Morgan fingerprint density at radius 1 is 1.00 bits per heavy atom. The highest BCUT2D eigenvalue weighted by Gasteiger charge is 2.10. The van der Waals surface area contributed by atoms with Crippen molar-refractivity contribution in [3.8, 4) is 0 Å². The van der Waals surface area contributed by atoms with Crippen LogP contribution in [0.2, 0.25) is 0 Å². The molecule has 0 saturated carbocycles. The van der Waals surface area contributed by atoms with Crippen molar-refractivity contribution in [1.29, 1.82) is 0 Å². The van der Waals surface area contributed by atoms with E-state index in [0.29, 0.717) is 12.1 Å². The first kappa shape index (κ1) is 17.4. The largest absolute Gasteiger partial charge is 0.352 e. The molecule has 23 heavy (non-hydrogen) atoms. The Morgan fingerprint density at radius 2 is 1.78 bits per heavy atom. The quantitative estimate of drug-likeness (QED) is 0.765. The number of amides is 1. The van der Waals surface area contributed by atoms with Gasteiger partial charge in [-0.25, -0.2) is 0 Å². The van der Waals surface area contributed by atoms with Crippen LogP contribution in [0.3, 0.4) is 0 Å². The van der Waals surface area contributed by atoms with Crippen LogP contribution >= 0.6 is 15.9 Å². The summed E-state index contributed by atoms with van der Waals surface area (Å²) in [6.07, 6.45) is 0.437. The molecule has 0 saturated heterocycles. The molecule has 1 amide bonds. The van der Waals surface area contributed by atoms with Gasteiger partial charge in [-0.15, -0.1) is 0 Å². The third-order valence-corrected chi connectivity index (χ3v) is 4.28. The second-order valence-electron chi connectivity index (χ2n) is 5.63. The number of ketones is 1. The van der Waals surface area contributed by atoms with Gasteiger partial charge in [-0.05, 0) is 48.7 Å². The van der Waals surface area contributed by atoms with E-state index in [1.807, 2.05) is 56.3 Å². The van der Waals surface area contributed by atoms with E-state index >= 15 is 0 Å². The highest BCUT2D eigenvalue weighted by atomic mass is 79.9. The van der Waals surface area contributed by atoms with Gasteiger partial charge in [-0.3, -0.25) is 9.59 Å². The molecule has 0 aliphatic heterocycles. The summed E-state index contributed by atoms with van der Waals surface area (Å²) in [7, 11) is 0. The molecule has 0 radical (unpaired) electrons. The van der Waals surface area contributed by atoms with E-state index in [9.17, 15) is 9.59 Å². The summed E-state index contributed by atoms with van der Waals surface area (Å²) >= 11 is 3.40. The average molecular weight is 374 g/mol. The third kappa shape index (κ3) is 5.32. The normalized spacial score (nSPS) is 10.4. The minimum absolute atomic E-state index is 0.00528. The lowest BCUT2D eigenvalue weighted by molar-refractivity contribution is -0.121. The highest BCUT2D eigenvalue weighted by Crippen LogP contribution is 2.13. The van der Waals surface area contributed by atoms with Crippen molar-refractivity contribution in [1.82, 2.24) is 5.32 Å². The molecular formula is C19H20BrNO2. The molecule has 2 aromatic carbocycles. The maximum Gasteiger partial charge on any atom is 0.220 e. The molecule has 0 heterocycles. The summed E-state index contributed by atoms with van der Waals surface area (Å²) in [4.78, 5) is 24.0. The zero-order valence-electron chi connectivity index (χ0n) is 13.4. The molecule has 0 aliphatic rings. The first-order valence-electron chi connectivity index (χ1n) is 7.57. The van der Waals surface area contributed by atoms with Crippen LogP contribution in [-0.2, 0) is 11.3 Å². The van der Waals surface area contributed by atoms with Crippen LogP contribution in [0.1, 0.15) is 39.9 Å². The minimum atomic E-state index is -0.109. The molecule has 0 fully saturated rings. The van der Waals surface area contributed by atoms with Crippen LogP contribution < -0.4 is 5.32 Å². The lowest BCUT2D eigenvalue weighted by Gasteiger charge is -2.07. The van der Waals surface area contributed by atoms with Crippen LogP contribution in [0, 0.1) is 13.8 Å². The van der Waals surface area contributed by atoms with Crippen molar-refractivity contribution < 1.29 is 9.59 Å². The number of aryl methyl sites for hydroxylation is 2. The number of rotatable bonds is 6. The van der Waals surface area contributed by atoms with Crippen LogP contribution in [0.25, 0.3) is 0 Å². The molecule has 0 unspecified atom stereocenters. The molecule has 0 aliphatic carbocycles. The Bertz CT molecular complexity index is 725. The molecular weight excluding hydrogens is 354 g/mol. The fourth-order valence-electron chi connectivity index (χ4n) is 2.22. The molecule has 3 nitrogen and oxygen atoms in total. The summed E-state index contributed by atoms with van der Waals surface area (Å²) in [5.74, 6) is -0.104. The number of hydrogen-bond acceptors (Lipinski definition) is 2. The maximum atomic E-state index is 12.1. The average Bonchev–Trinajstić information content (AvgIpc) is 2.53. The smallest absolute Gasteiger partial charge is 0.220 e. The number of carbonyl (C=O) groups excluding carboxylic acids is 2. The standard InChI is InChI=1S/C19H20BrNO2/c1-13-6-7-16(10-14(13)2)18(22)8-9-19(23)21-12-15-4-3-5-17(20)11-15/h3-7,10-11H,8-9,12H2,1-2H3,(H,21,23). The monoisotopic (exact) mass is 373 g/mol. The molecule has 0 bridgehead atoms. The lowest BCUT2D eigenvalue weighted by atomic mass is 10.0. The van der Waals surface area contributed by atoms with Gasteiger partial charge in [-0.2, -0.15) is 0 Å². The predicted molar refractivity (Wildman–Crippen MR) is 95.5 cm³/mol. The molecule has 0 aromatic heterocycles. The van der Waals surface area contributed by atoms with Crippen molar-refractivity contribution in [2.45, 2.75) is 33.2 Å². The van der Waals surface area contributed by atoms with E-state index < -0.39 is 0 Å². The lowest BCUT2D eigenvalue weighted by Crippen LogP contribution is -2.23. The first-order chi connectivity index (χ1) is 11.0. The fraction of sp³-hybridized carbons (Fsp3) is 0.263. The van der Waals surface area contributed by atoms with E-state index in [2.05, 4.69) is 21.2 Å². The van der Waals surface area contributed by atoms with Crippen molar-refractivity contribution in [3.63, 3.8) is 0 Å². The summed E-state index contributed by atoms with van der Waals surface area (Å²) in [5, 5.41) is 2.84. The van der Waals surface area contributed by atoms with Crippen LogP contribution in [-0.4, -0.2) is 11.7 Å². The van der Waals surface area contributed by atoms with E-state index in [4.69, 9.17) is 0 Å². The summed E-state index contributed by atoms with van der Waals surface area (Å²) in [6.45, 7) is 4.46. The van der Waals surface area contributed by atoms with Crippen molar-refractivity contribution in [2.75, 3.05) is 0 Å². The Morgan fingerprint density at radius 3 is 2.48 bits per heavy atom. The van der Waals surface area contributed by atoms with Crippen LogP contribution in [0.15, 0.2) is 46.9 Å². The maximum absolute atomic E-state index is 12.1. The molecule has 1 N–H and O–H groups in total. The Kier molecular flexibility index (Phi) is 6.11. The van der Waals surface area contributed by atoms with E-state index in [1.54, 1.807) is 0 Å². The Hall–Kier alpha value is -1.94. The number of hydrogen-bond donors (Lipinski definition) is 1. The van der Waals surface area contributed by atoms with Gasteiger partial charge in [-0.1, -0.05) is 40.2 Å². The second kappa shape index (κ2) is 8.06. The van der Waals surface area contributed by atoms with Gasteiger partial charge in [0.15, 0.2) is 5.78 Å². The van der Waals surface area contributed by atoms with Gasteiger partial charge in [0.25, 0.3) is 0 Å². The van der Waals surface area contributed by atoms with Gasteiger partial charge in [0.2, 0.25) is 5.91 Å². The number of carbonyl (C=O) groups is 2. The number of nitrogens with one attached hydrogen (secondary N) is 1.